The van der Waals surface area contributed by atoms with Gasteiger partial charge in [0.05, 0.1) is 17.5 Å². The maximum atomic E-state index is 11.8. The van der Waals surface area contributed by atoms with Gasteiger partial charge in [-0.05, 0) is 12.1 Å². The molecule has 0 radical (unpaired) electrons. The van der Waals surface area contributed by atoms with Crippen LogP contribution in [0.2, 0.25) is 0 Å². The quantitative estimate of drug-likeness (QED) is 0.759. The number of anilines is 1. The van der Waals surface area contributed by atoms with Gasteiger partial charge in [-0.25, -0.2) is 13.4 Å². The first-order chi connectivity index (χ1) is 7.79. The number of para-hydroxylation sites is 1. The molecule has 2 N–H and O–H groups in total. The van der Waals surface area contributed by atoms with Crippen LogP contribution >= 0.6 is 0 Å². The molecule has 0 atom stereocenters. The summed E-state index contributed by atoms with van der Waals surface area (Å²) in [6.45, 7) is 0. The first-order valence-electron chi connectivity index (χ1n) is 4.85. The summed E-state index contributed by atoms with van der Waals surface area (Å²) in [6.07, 6.45) is 1.04. The molecule has 0 aliphatic heterocycles. The van der Waals surface area contributed by atoms with Gasteiger partial charge in [-0.3, -0.25) is 14.9 Å². The van der Waals surface area contributed by atoms with Gasteiger partial charge in [0, 0.05) is 14.1 Å². The molecule has 1 amide bonds. The molecule has 0 spiro atoms. The van der Waals surface area contributed by atoms with Crippen LogP contribution < -0.4 is 10.1 Å². The molecule has 0 saturated carbocycles. The molecule has 94 valence electrons. The zero-order valence-electron chi connectivity index (χ0n) is 9.89. The molecule has 0 bridgehead atoms. The Morgan fingerprint density at radius 2 is 1.82 bits per heavy atom. The van der Waals surface area contributed by atoms with Gasteiger partial charge in [-0.2, -0.15) is 0 Å². The van der Waals surface area contributed by atoms with Crippen LogP contribution in [0.4, 0.5) is 5.69 Å². The van der Waals surface area contributed by atoms with Crippen LogP contribution in [0.25, 0.3) is 0 Å². The number of benzene rings is 1. The average molecular weight is 257 g/mol. The zero-order valence-corrected chi connectivity index (χ0v) is 10.7. The summed E-state index contributed by atoms with van der Waals surface area (Å²) in [4.78, 5) is 11.8. The molecule has 1 aromatic rings. The van der Waals surface area contributed by atoms with Gasteiger partial charge in [-0.15, -0.1) is 0 Å². The Labute approximate surface area is 101 Å². The Balaban J connectivity index is 3.04. The van der Waals surface area contributed by atoms with E-state index in [1.165, 1.54) is 11.1 Å². The minimum absolute atomic E-state index is 0.259. The Bertz CT molecular complexity index is 511. The number of hydrogen-bond acceptors (Lipinski definition) is 4. The van der Waals surface area contributed by atoms with Gasteiger partial charge in [0.25, 0.3) is 5.91 Å². The highest BCUT2D eigenvalue weighted by Crippen LogP contribution is 2.15. The van der Waals surface area contributed by atoms with Crippen LogP contribution in [-0.4, -0.2) is 39.7 Å². The maximum absolute atomic E-state index is 11.8. The lowest BCUT2D eigenvalue weighted by Crippen LogP contribution is -2.36. The Kier molecular flexibility index (Phi) is 4.08. The van der Waals surface area contributed by atoms with Crippen molar-refractivity contribution in [1.29, 1.82) is 0 Å². The number of nitrogens with zero attached hydrogens (tertiary/aromatic N) is 1. The first-order valence-corrected chi connectivity index (χ1v) is 6.74. The molecule has 17 heavy (non-hydrogen) atoms. The van der Waals surface area contributed by atoms with Gasteiger partial charge in [-0.1, -0.05) is 12.1 Å². The van der Waals surface area contributed by atoms with E-state index in [0.29, 0.717) is 0 Å². The minimum atomic E-state index is -3.41. The predicted octanol–water partition coefficient (Wildman–Crippen LogP) is 0.264. The van der Waals surface area contributed by atoms with Crippen LogP contribution in [0.5, 0.6) is 0 Å². The topological polar surface area (TPSA) is 78.5 Å². The summed E-state index contributed by atoms with van der Waals surface area (Å²) in [5.74, 6) is -0.373. The largest absolute Gasteiger partial charge is 0.285 e. The van der Waals surface area contributed by atoms with E-state index in [1.807, 2.05) is 0 Å². The Morgan fingerprint density at radius 3 is 2.35 bits per heavy atom. The number of nitrogens with one attached hydrogen (secondary N) is 2. The van der Waals surface area contributed by atoms with Crippen LogP contribution in [0, 0.1) is 0 Å². The summed E-state index contributed by atoms with van der Waals surface area (Å²) in [5.41, 5.74) is 3.07. The van der Waals surface area contributed by atoms with Crippen molar-refractivity contribution in [2.45, 2.75) is 0 Å². The molecule has 1 aromatic carbocycles. The van der Waals surface area contributed by atoms with Crippen molar-refractivity contribution in [3.8, 4) is 0 Å². The lowest BCUT2D eigenvalue weighted by molar-refractivity contribution is 0.0858. The van der Waals surface area contributed by atoms with E-state index in [2.05, 4.69) is 10.1 Å². The van der Waals surface area contributed by atoms with Gasteiger partial charge in [0.15, 0.2) is 0 Å². The van der Waals surface area contributed by atoms with Gasteiger partial charge >= 0.3 is 0 Å². The van der Waals surface area contributed by atoms with E-state index >= 15 is 0 Å². The molecule has 1 rings (SSSR count). The standard InChI is InChI=1S/C10H15N3O3S/c1-13(2)11-10(14)8-6-4-5-7-9(8)12-17(3,15)16/h4-7,12H,1-3H3,(H,11,14). The van der Waals surface area contributed by atoms with Crippen molar-refractivity contribution in [2.75, 3.05) is 25.1 Å². The number of carbonyl (C=O) groups is 1. The summed E-state index contributed by atoms with van der Waals surface area (Å²) >= 11 is 0. The fourth-order valence-electron chi connectivity index (χ4n) is 1.23. The smallest absolute Gasteiger partial charge is 0.267 e. The van der Waals surface area contributed by atoms with E-state index in [9.17, 15) is 13.2 Å². The molecule has 6 nitrogen and oxygen atoms in total. The van der Waals surface area contributed by atoms with Crippen molar-refractivity contribution in [2.24, 2.45) is 0 Å². The molecular formula is C10H15N3O3S. The highest BCUT2D eigenvalue weighted by Gasteiger charge is 2.13. The number of sulfonamides is 1. The molecule has 0 saturated heterocycles. The highest BCUT2D eigenvalue weighted by atomic mass is 32.2. The third-order valence-electron chi connectivity index (χ3n) is 1.79. The second-order valence-electron chi connectivity index (χ2n) is 3.76. The summed E-state index contributed by atoms with van der Waals surface area (Å²) < 4.78 is 24.6. The predicted molar refractivity (Wildman–Crippen MR) is 66.1 cm³/mol. The van der Waals surface area contributed by atoms with Crippen molar-refractivity contribution >= 4 is 21.6 Å². The van der Waals surface area contributed by atoms with E-state index in [1.54, 1.807) is 32.3 Å². The maximum Gasteiger partial charge on any atom is 0.267 e. The normalized spacial score (nSPS) is 11.3. The number of amides is 1. The van der Waals surface area contributed by atoms with Crippen molar-refractivity contribution < 1.29 is 13.2 Å². The van der Waals surface area contributed by atoms with Gasteiger partial charge in [0.1, 0.15) is 0 Å². The fourth-order valence-corrected chi connectivity index (χ4v) is 1.81. The number of hydrazine groups is 1. The van der Waals surface area contributed by atoms with E-state index in [-0.39, 0.29) is 17.2 Å². The SMILES string of the molecule is CN(C)NC(=O)c1ccccc1NS(C)(=O)=O. The lowest BCUT2D eigenvalue weighted by atomic mass is 10.2. The van der Waals surface area contributed by atoms with Crippen LogP contribution in [0.15, 0.2) is 24.3 Å². The summed E-state index contributed by atoms with van der Waals surface area (Å²) in [6, 6.07) is 6.40. The molecule has 0 aromatic heterocycles. The van der Waals surface area contributed by atoms with Crippen molar-refractivity contribution in [3.63, 3.8) is 0 Å². The second kappa shape index (κ2) is 5.15. The van der Waals surface area contributed by atoms with E-state index in [4.69, 9.17) is 0 Å². The fraction of sp³-hybridized carbons (Fsp3) is 0.300. The average Bonchev–Trinajstić information content (AvgIpc) is 2.14. The Hall–Kier alpha value is -1.60. The van der Waals surface area contributed by atoms with Crippen LogP contribution in [0.1, 0.15) is 10.4 Å². The first kappa shape index (κ1) is 13.5. The van der Waals surface area contributed by atoms with Gasteiger partial charge in [0.2, 0.25) is 10.0 Å². The Morgan fingerprint density at radius 1 is 1.24 bits per heavy atom. The highest BCUT2D eigenvalue weighted by molar-refractivity contribution is 7.92. The molecule has 0 unspecified atom stereocenters. The number of hydrogen-bond donors (Lipinski definition) is 2. The molecule has 7 heteroatoms. The molecule has 0 aliphatic rings. The van der Waals surface area contributed by atoms with Crippen molar-refractivity contribution in [1.82, 2.24) is 10.4 Å². The molecule has 0 fully saturated rings. The minimum Gasteiger partial charge on any atom is -0.285 e. The third-order valence-corrected chi connectivity index (χ3v) is 2.38. The monoisotopic (exact) mass is 257 g/mol. The third kappa shape index (κ3) is 4.41. The van der Waals surface area contributed by atoms with Crippen molar-refractivity contribution in [3.05, 3.63) is 29.8 Å². The zero-order chi connectivity index (χ0) is 13.1. The lowest BCUT2D eigenvalue weighted by Gasteiger charge is -2.14. The summed E-state index contributed by atoms with van der Waals surface area (Å²) in [7, 11) is -0.0630. The number of rotatable bonds is 4. The second-order valence-corrected chi connectivity index (χ2v) is 5.50. The molecular weight excluding hydrogens is 242 g/mol. The molecule has 0 heterocycles. The summed E-state index contributed by atoms with van der Waals surface area (Å²) in [5, 5.41) is 1.49. The van der Waals surface area contributed by atoms with Crippen LogP contribution in [-0.2, 0) is 10.0 Å². The van der Waals surface area contributed by atoms with Gasteiger partial charge < -0.3 is 0 Å². The van der Waals surface area contributed by atoms with E-state index < -0.39 is 10.0 Å². The number of carbonyl (C=O) groups excluding carboxylic acids is 1. The molecule has 0 aliphatic carbocycles. The van der Waals surface area contributed by atoms with E-state index in [0.717, 1.165) is 6.26 Å². The van der Waals surface area contributed by atoms with Crippen LogP contribution in [0.3, 0.4) is 0 Å².